The molecule has 2 atom stereocenters. The minimum absolute atomic E-state index is 0.244. The monoisotopic (exact) mass is 408 g/mol. The number of fused-ring (bicyclic) bond motifs is 1. The maximum absolute atomic E-state index is 13.4. The lowest BCUT2D eigenvalue weighted by atomic mass is 10.1. The molecule has 4 nitrogen and oxygen atoms in total. The van der Waals surface area contributed by atoms with Crippen molar-refractivity contribution in [3.05, 3.63) is 42.5 Å². The number of carbonyl (C=O) groups excluding carboxylic acids is 1. The molecule has 2 unspecified atom stereocenters. The molecule has 2 aromatic rings. The summed E-state index contributed by atoms with van der Waals surface area (Å²) in [6.45, 7) is 6.36. The fourth-order valence-corrected chi connectivity index (χ4v) is 7.09. The third-order valence-corrected chi connectivity index (χ3v) is 8.67. The van der Waals surface area contributed by atoms with Gasteiger partial charge in [0.2, 0.25) is 7.37 Å². The van der Waals surface area contributed by atoms with Crippen molar-refractivity contribution in [2.24, 2.45) is 5.92 Å². The van der Waals surface area contributed by atoms with Gasteiger partial charge >= 0.3 is 5.97 Å². The standard InChI is InChI=1S/C21H29O4PS/c1-4-9-19(21(22)24-5-2)15-26(23,25-6-3)16-27-20-13-12-17-10-7-8-11-18(17)14-20/h7-8,10-14,19H,4-6,9,15-16H2,1-3H3. The molecule has 0 saturated carbocycles. The molecule has 0 aromatic heterocycles. The lowest BCUT2D eigenvalue weighted by molar-refractivity contribution is -0.147. The summed E-state index contributed by atoms with van der Waals surface area (Å²) in [5.41, 5.74) is 0.360. The number of thioether (sulfide) groups is 1. The second-order valence-corrected chi connectivity index (χ2v) is 10.5. The highest BCUT2D eigenvalue weighted by Gasteiger charge is 2.32. The quantitative estimate of drug-likeness (QED) is 0.252. The molecule has 2 aromatic carbocycles. The van der Waals surface area contributed by atoms with Crippen LogP contribution in [0.2, 0.25) is 0 Å². The minimum atomic E-state index is -2.95. The zero-order chi connectivity index (χ0) is 19.7. The van der Waals surface area contributed by atoms with Crippen molar-refractivity contribution in [1.29, 1.82) is 0 Å². The van der Waals surface area contributed by atoms with E-state index in [4.69, 9.17) is 9.26 Å². The van der Waals surface area contributed by atoms with Gasteiger partial charge in [-0.3, -0.25) is 9.36 Å². The summed E-state index contributed by atoms with van der Waals surface area (Å²) in [5, 5.41) is 2.34. The second kappa shape index (κ2) is 10.9. The Balaban J connectivity index is 2.10. The van der Waals surface area contributed by atoms with E-state index in [0.717, 1.165) is 16.7 Å². The van der Waals surface area contributed by atoms with Gasteiger partial charge in [-0.2, -0.15) is 0 Å². The van der Waals surface area contributed by atoms with E-state index < -0.39 is 7.37 Å². The van der Waals surface area contributed by atoms with Crippen LogP contribution in [-0.2, 0) is 18.6 Å². The largest absolute Gasteiger partial charge is 0.466 e. The first kappa shape index (κ1) is 22.0. The Bertz CT molecular complexity index is 793. The van der Waals surface area contributed by atoms with Gasteiger partial charge in [0.25, 0.3) is 0 Å². The number of hydrogen-bond donors (Lipinski definition) is 0. The summed E-state index contributed by atoms with van der Waals surface area (Å²) in [6, 6.07) is 14.4. The third-order valence-electron chi connectivity index (χ3n) is 4.27. The molecule has 27 heavy (non-hydrogen) atoms. The molecule has 0 aliphatic heterocycles. The van der Waals surface area contributed by atoms with Crippen LogP contribution in [-0.4, -0.2) is 30.8 Å². The van der Waals surface area contributed by atoms with Crippen LogP contribution in [0.25, 0.3) is 10.8 Å². The first-order valence-corrected chi connectivity index (χ1v) is 12.5. The predicted octanol–water partition coefficient (Wildman–Crippen LogP) is 6.18. The topological polar surface area (TPSA) is 52.6 Å². The zero-order valence-electron chi connectivity index (χ0n) is 16.3. The van der Waals surface area contributed by atoms with Gasteiger partial charge in [-0.15, -0.1) is 11.8 Å². The fourth-order valence-electron chi connectivity index (χ4n) is 3.04. The van der Waals surface area contributed by atoms with Crippen molar-refractivity contribution >= 4 is 35.9 Å². The first-order chi connectivity index (χ1) is 13.0. The van der Waals surface area contributed by atoms with E-state index in [1.807, 2.05) is 32.0 Å². The molecule has 148 valence electrons. The van der Waals surface area contributed by atoms with Crippen molar-refractivity contribution in [3.63, 3.8) is 0 Å². The fraction of sp³-hybridized carbons (Fsp3) is 0.476. The molecule has 2 rings (SSSR count). The van der Waals surface area contributed by atoms with Gasteiger partial charge in [0, 0.05) is 11.1 Å². The van der Waals surface area contributed by atoms with E-state index in [2.05, 4.69) is 24.3 Å². The van der Waals surface area contributed by atoms with Crippen LogP contribution in [0.5, 0.6) is 0 Å². The summed E-state index contributed by atoms with van der Waals surface area (Å²) in [6.07, 6.45) is 1.75. The van der Waals surface area contributed by atoms with Crippen LogP contribution >= 0.6 is 19.1 Å². The van der Waals surface area contributed by atoms with Crippen molar-refractivity contribution in [2.45, 2.75) is 38.5 Å². The Morgan fingerprint density at radius 1 is 1.07 bits per heavy atom. The normalized spacial score (nSPS) is 14.6. The van der Waals surface area contributed by atoms with E-state index in [1.165, 1.54) is 17.1 Å². The molecule has 0 aliphatic carbocycles. The van der Waals surface area contributed by atoms with Gasteiger partial charge in [0.1, 0.15) is 0 Å². The van der Waals surface area contributed by atoms with Gasteiger partial charge in [0.05, 0.1) is 24.6 Å². The second-order valence-electron chi connectivity index (χ2n) is 6.43. The van der Waals surface area contributed by atoms with Crippen molar-refractivity contribution in [1.82, 2.24) is 0 Å². The van der Waals surface area contributed by atoms with E-state index in [9.17, 15) is 9.36 Å². The SMILES string of the molecule is CCCC(CP(=O)(CSc1ccc2ccccc2c1)OCC)C(=O)OCC. The Morgan fingerprint density at radius 3 is 2.48 bits per heavy atom. The summed E-state index contributed by atoms with van der Waals surface area (Å²) in [7, 11) is -2.95. The molecular weight excluding hydrogens is 379 g/mol. The molecule has 0 radical (unpaired) electrons. The van der Waals surface area contributed by atoms with Gasteiger partial charge < -0.3 is 9.26 Å². The van der Waals surface area contributed by atoms with Crippen LogP contribution < -0.4 is 0 Å². The Kier molecular flexibility index (Phi) is 8.88. The van der Waals surface area contributed by atoms with E-state index in [0.29, 0.717) is 25.1 Å². The molecule has 0 fully saturated rings. The number of carbonyl (C=O) groups is 1. The van der Waals surface area contributed by atoms with Gasteiger partial charge in [-0.1, -0.05) is 43.7 Å². The smallest absolute Gasteiger partial charge is 0.309 e. The van der Waals surface area contributed by atoms with Gasteiger partial charge in [0.15, 0.2) is 0 Å². The van der Waals surface area contributed by atoms with E-state index in [1.54, 1.807) is 6.92 Å². The first-order valence-electron chi connectivity index (χ1n) is 9.52. The Hall–Kier alpha value is -1.29. The number of rotatable bonds is 11. The van der Waals surface area contributed by atoms with Crippen LogP contribution in [0.1, 0.15) is 33.6 Å². The van der Waals surface area contributed by atoms with Crippen LogP contribution in [0, 0.1) is 5.92 Å². The molecular formula is C21H29O4PS. The number of hydrogen-bond acceptors (Lipinski definition) is 5. The molecule has 0 N–H and O–H groups in total. The molecule has 0 saturated heterocycles. The van der Waals surface area contributed by atoms with Crippen molar-refractivity contribution < 1.29 is 18.6 Å². The predicted molar refractivity (Wildman–Crippen MR) is 114 cm³/mol. The van der Waals surface area contributed by atoms with E-state index in [-0.39, 0.29) is 18.0 Å². The van der Waals surface area contributed by atoms with Crippen molar-refractivity contribution in [3.8, 4) is 0 Å². The van der Waals surface area contributed by atoms with E-state index >= 15 is 0 Å². The average Bonchev–Trinajstić information content (AvgIpc) is 2.66. The highest BCUT2D eigenvalue weighted by molar-refractivity contribution is 8.05. The van der Waals surface area contributed by atoms with Gasteiger partial charge in [-0.25, -0.2) is 0 Å². The lowest BCUT2D eigenvalue weighted by Crippen LogP contribution is -2.22. The summed E-state index contributed by atoms with van der Waals surface area (Å²) < 4.78 is 24.2. The van der Waals surface area contributed by atoms with Crippen LogP contribution in [0.15, 0.2) is 47.4 Å². The third kappa shape index (κ3) is 6.67. The molecule has 0 aliphatic rings. The average molecular weight is 409 g/mol. The summed E-state index contributed by atoms with van der Waals surface area (Å²) in [5.74, 6) is -0.639. The Labute approximate surface area is 166 Å². The maximum atomic E-state index is 13.4. The molecule has 0 amide bonds. The summed E-state index contributed by atoms with van der Waals surface area (Å²) in [4.78, 5) is 13.3. The zero-order valence-corrected chi connectivity index (χ0v) is 18.1. The molecule has 0 spiro atoms. The summed E-state index contributed by atoms with van der Waals surface area (Å²) >= 11 is 1.53. The van der Waals surface area contributed by atoms with Crippen LogP contribution in [0.4, 0.5) is 0 Å². The molecule has 6 heteroatoms. The number of esters is 1. The van der Waals surface area contributed by atoms with Crippen LogP contribution in [0.3, 0.4) is 0 Å². The van der Waals surface area contributed by atoms with Crippen molar-refractivity contribution in [2.75, 3.05) is 24.9 Å². The van der Waals surface area contributed by atoms with Gasteiger partial charge in [-0.05, 0) is 43.2 Å². The Morgan fingerprint density at radius 2 is 1.81 bits per heavy atom. The number of benzene rings is 2. The molecule has 0 bridgehead atoms. The lowest BCUT2D eigenvalue weighted by Gasteiger charge is -2.22. The highest BCUT2D eigenvalue weighted by atomic mass is 32.2. The molecule has 0 heterocycles. The highest BCUT2D eigenvalue weighted by Crippen LogP contribution is 2.53. The minimum Gasteiger partial charge on any atom is -0.466 e. The maximum Gasteiger partial charge on any atom is 0.309 e. The number of ether oxygens (including phenoxy) is 1.